The Kier molecular flexibility index (Phi) is 6.64. The largest absolute Gasteiger partial charge is 0.405 e. The Morgan fingerprint density at radius 3 is 2.50 bits per heavy atom. The van der Waals surface area contributed by atoms with Crippen molar-refractivity contribution in [1.29, 1.82) is 0 Å². The summed E-state index contributed by atoms with van der Waals surface area (Å²) in [6.45, 7) is 0.129. The molecule has 26 heavy (non-hydrogen) atoms. The summed E-state index contributed by atoms with van der Waals surface area (Å²) in [6, 6.07) is 4.93. The number of carbonyl (C=O) groups excluding carboxylic acids is 1. The summed E-state index contributed by atoms with van der Waals surface area (Å²) in [5, 5.41) is 4.80. The zero-order valence-corrected chi connectivity index (χ0v) is 15.2. The molecule has 1 fully saturated rings. The molecular formula is C16H22F3N3O3S. The molecule has 2 rings (SSSR count). The third-order valence-corrected chi connectivity index (χ3v) is 6.06. The first kappa shape index (κ1) is 20.7. The van der Waals surface area contributed by atoms with Gasteiger partial charge in [0.1, 0.15) is 6.54 Å². The maximum Gasteiger partial charge on any atom is 0.405 e. The van der Waals surface area contributed by atoms with Crippen LogP contribution >= 0.6 is 0 Å². The number of hydrogen-bond donors (Lipinski definition) is 2. The summed E-state index contributed by atoms with van der Waals surface area (Å²) in [7, 11) is -1.88. The monoisotopic (exact) mass is 393 g/mol. The number of piperidine rings is 1. The Morgan fingerprint density at radius 2 is 1.92 bits per heavy atom. The van der Waals surface area contributed by atoms with Crippen LogP contribution in [0.5, 0.6) is 0 Å². The van der Waals surface area contributed by atoms with Crippen molar-refractivity contribution in [3.8, 4) is 0 Å². The number of alkyl halides is 3. The van der Waals surface area contributed by atoms with Gasteiger partial charge in [-0.15, -0.1) is 0 Å². The SMILES string of the molecule is CNCC1CCCN(S(=O)(=O)c2ccc(C(=O)NCC(F)(F)F)cc2)C1. The fourth-order valence-corrected chi connectivity index (χ4v) is 4.47. The lowest BCUT2D eigenvalue weighted by molar-refractivity contribution is -0.123. The fourth-order valence-electron chi connectivity index (χ4n) is 2.91. The van der Waals surface area contributed by atoms with E-state index in [0.717, 1.165) is 19.4 Å². The van der Waals surface area contributed by atoms with Crippen molar-refractivity contribution in [1.82, 2.24) is 14.9 Å². The van der Waals surface area contributed by atoms with Crippen molar-refractivity contribution in [2.45, 2.75) is 23.9 Å². The van der Waals surface area contributed by atoms with Crippen LogP contribution in [0.1, 0.15) is 23.2 Å². The van der Waals surface area contributed by atoms with Gasteiger partial charge in [0.05, 0.1) is 4.90 Å². The zero-order chi connectivity index (χ0) is 19.4. The molecule has 1 aliphatic heterocycles. The average Bonchev–Trinajstić information content (AvgIpc) is 2.60. The molecular weight excluding hydrogens is 371 g/mol. The third kappa shape index (κ3) is 5.42. The smallest absolute Gasteiger partial charge is 0.343 e. The molecule has 1 aromatic rings. The Morgan fingerprint density at radius 1 is 1.27 bits per heavy atom. The van der Waals surface area contributed by atoms with E-state index < -0.39 is 28.7 Å². The van der Waals surface area contributed by atoms with Gasteiger partial charge in [0, 0.05) is 18.7 Å². The highest BCUT2D eigenvalue weighted by Crippen LogP contribution is 2.23. The lowest BCUT2D eigenvalue weighted by Crippen LogP contribution is -2.42. The van der Waals surface area contributed by atoms with E-state index in [4.69, 9.17) is 0 Å². The van der Waals surface area contributed by atoms with Gasteiger partial charge in [-0.1, -0.05) is 0 Å². The van der Waals surface area contributed by atoms with Gasteiger partial charge in [0.2, 0.25) is 10.0 Å². The molecule has 1 aliphatic rings. The molecule has 1 amide bonds. The number of nitrogens with one attached hydrogen (secondary N) is 2. The Balaban J connectivity index is 2.07. The summed E-state index contributed by atoms with van der Waals surface area (Å²) in [5.74, 6) is -0.672. The Bertz CT molecular complexity index is 718. The Hall–Kier alpha value is -1.65. The van der Waals surface area contributed by atoms with Gasteiger partial charge in [0.15, 0.2) is 0 Å². The molecule has 10 heteroatoms. The Labute approximate surface area is 150 Å². The van der Waals surface area contributed by atoms with Crippen molar-refractivity contribution < 1.29 is 26.4 Å². The first-order valence-electron chi connectivity index (χ1n) is 8.23. The predicted molar refractivity (Wildman–Crippen MR) is 90.2 cm³/mol. The van der Waals surface area contributed by atoms with E-state index in [9.17, 15) is 26.4 Å². The maximum atomic E-state index is 12.7. The number of carbonyl (C=O) groups is 1. The van der Waals surface area contributed by atoms with Gasteiger partial charge < -0.3 is 10.6 Å². The summed E-state index contributed by atoms with van der Waals surface area (Å²) < 4.78 is 63.3. The molecule has 0 aliphatic carbocycles. The van der Waals surface area contributed by atoms with E-state index >= 15 is 0 Å². The molecule has 6 nitrogen and oxygen atoms in total. The summed E-state index contributed by atoms with van der Waals surface area (Å²) in [4.78, 5) is 11.7. The standard InChI is InChI=1S/C16H22F3N3O3S/c1-20-9-12-3-2-8-22(10-12)26(24,25)14-6-4-13(5-7-14)15(23)21-11-16(17,18)19/h4-7,12,20H,2-3,8-11H2,1H3,(H,21,23). The van der Waals surface area contributed by atoms with Gasteiger partial charge in [-0.05, 0) is 56.6 Å². The minimum Gasteiger partial charge on any atom is -0.343 e. The van der Waals surface area contributed by atoms with Crippen LogP contribution in [0, 0.1) is 5.92 Å². The highest BCUT2D eigenvalue weighted by Gasteiger charge is 2.30. The summed E-state index contributed by atoms with van der Waals surface area (Å²) in [5.41, 5.74) is -0.0279. The topological polar surface area (TPSA) is 78.5 Å². The molecule has 0 bridgehead atoms. The predicted octanol–water partition coefficient (Wildman–Crippen LogP) is 1.60. The summed E-state index contributed by atoms with van der Waals surface area (Å²) >= 11 is 0. The molecule has 1 atom stereocenters. The van der Waals surface area contributed by atoms with Crippen LogP contribution < -0.4 is 10.6 Å². The molecule has 1 saturated heterocycles. The van der Waals surface area contributed by atoms with Gasteiger partial charge in [-0.3, -0.25) is 4.79 Å². The van der Waals surface area contributed by atoms with Gasteiger partial charge >= 0.3 is 6.18 Å². The van der Waals surface area contributed by atoms with Crippen molar-refractivity contribution >= 4 is 15.9 Å². The van der Waals surface area contributed by atoms with Crippen LogP contribution in [0.15, 0.2) is 29.2 Å². The molecule has 1 aromatic carbocycles. The molecule has 146 valence electrons. The number of benzene rings is 1. The number of amides is 1. The van der Waals surface area contributed by atoms with E-state index in [2.05, 4.69) is 5.32 Å². The second-order valence-electron chi connectivity index (χ2n) is 6.25. The second kappa shape index (κ2) is 8.36. The van der Waals surface area contributed by atoms with Crippen LogP contribution in [-0.2, 0) is 10.0 Å². The van der Waals surface area contributed by atoms with Crippen molar-refractivity contribution in [2.24, 2.45) is 5.92 Å². The lowest BCUT2D eigenvalue weighted by atomic mass is 10.00. The van der Waals surface area contributed by atoms with E-state index in [1.807, 2.05) is 7.05 Å². The number of hydrogen-bond acceptors (Lipinski definition) is 4. The normalized spacial score (nSPS) is 19.3. The minimum absolute atomic E-state index is 0.0231. The van der Waals surface area contributed by atoms with Crippen LogP contribution in [0.25, 0.3) is 0 Å². The highest BCUT2D eigenvalue weighted by atomic mass is 32.2. The molecule has 0 spiro atoms. The van der Waals surface area contributed by atoms with Crippen LogP contribution in [-0.4, -0.2) is 58.0 Å². The zero-order valence-electron chi connectivity index (χ0n) is 14.3. The van der Waals surface area contributed by atoms with Crippen LogP contribution in [0.2, 0.25) is 0 Å². The highest BCUT2D eigenvalue weighted by molar-refractivity contribution is 7.89. The van der Waals surface area contributed by atoms with E-state index in [-0.39, 0.29) is 16.4 Å². The molecule has 1 unspecified atom stereocenters. The van der Waals surface area contributed by atoms with Crippen molar-refractivity contribution in [2.75, 3.05) is 33.2 Å². The van der Waals surface area contributed by atoms with E-state index in [1.54, 1.807) is 5.32 Å². The lowest BCUT2D eigenvalue weighted by Gasteiger charge is -2.31. The first-order chi connectivity index (χ1) is 12.1. The van der Waals surface area contributed by atoms with Crippen LogP contribution in [0.3, 0.4) is 0 Å². The van der Waals surface area contributed by atoms with Gasteiger partial charge in [-0.25, -0.2) is 8.42 Å². The minimum atomic E-state index is -4.50. The van der Waals surface area contributed by atoms with E-state index in [0.29, 0.717) is 13.1 Å². The molecule has 0 saturated carbocycles. The average molecular weight is 393 g/mol. The first-order valence-corrected chi connectivity index (χ1v) is 9.67. The molecule has 0 radical (unpaired) electrons. The van der Waals surface area contributed by atoms with E-state index in [1.165, 1.54) is 28.6 Å². The summed E-state index contributed by atoms with van der Waals surface area (Å²) in [6.07, 6.45) is -2.79. The number of halogens is 3. The van der Waals surface area contributed by atoms with Gasteiger partial charge in [0.25, 0.3) is 5.91 Å². The number of nitrogens with zero attached hydrogens (tertiary/aromatic N) is 1. The number of sulfonamides is 1. The molecule has 0 aromatic heterocycles. The second-order valence-corrected chi connectivity index (χ2v) is 8.19. The van der Waals surface area contributed by atoms with Crippen LogP contribution in [0.4, 0.5) is 13.2 Å². The molecule has 1 heterocycles. The van der Waals surface area contributed by atoms with Gasteiger partial charge in [-0.2, -0.15) is 17.5 Å². The number of rotatable bonds is 6. The molecule has 2 N–H and O–H groups in total. The quantitative estimate of drug-likeness (QED) is 0.770. The fraction of sp³-hybridized carbons (Fsp3) is 0.562. The third-order valence-electron chi connectivity index (χ3n) is 4.18. The maximum absolute atomic E-state index is 12.7. The van der Waals surface area contributed by atoms with Crippen molar-refractivity contribution in [3.63, 3.8) is 0 Å². The van der Waals surface area contributed by atoms with Crippen molar-refractivity contribution in [3.05, 3.63) is 29.8 Å².